The highest BCUT2D eigenvalue weighted by Gasteiger charge is 2.40. The van der Waals surface area contributed by atoms with E-state index in [9.17, 15) is 19.2 Å². The van der Waals surface area contributed by atoms with E-state index in [1.165, 1.54) is 11.0 Å². The molecule has 0 bridgehead atoms. The number of imide groups is 1. The van der Waals surface area contributed by atoms with Crippen molar-refractivity contribution in [2.24, 2.45) is 0 Å². The molecule has 2 aromatic heterocycles. The smallest absolute Gasteiger partial charge is 0.324 e. The maximum atomic E-state index is 15.4. The molecule has 12 nitrogen and oxygen atoms in total. The molecule has 14 heteroatoms. The Kier molecular flexibility index (Phi) is 9.08. The van der Waals surface area contributed by atoms with Crippen LogP contribution >= 0.6 is 11.6 Å². The number of nitrogens with zero attached hydrogens (tertiary/aromatic N) is 6. The molecule has 3 saturated heterocycles. The number of H-pyrrole nitrogens is 1. The first-order valence-corrected chi connectivity index (χ1v) is 18.3. The number of piperazine rings is 1. The molecule has 0 aliphatic carbocycles. The average Bonchev–Trinajstić information content (AvgIpc) is 3.72. The van der Waals surface area contributed by atoms with Crippen molar-refractivity contribution in [3.05, 3.63) is 76.3 Å². The molecule has 0 radical (unpaired) electrons. The Balaban J connectivity index is 0.881. The van der Waals surface area contributed by atoms with Crippen molar-refractivity contribution in [2.75, 3.05) is 62.2 Å². The SMILES string of the molecule is CCc1c[nH]c2ncc(-c3cccc(N4CCCN(CCN5CCN(c6cc7c(cc6F)C(=O)N(C6CCC(=O)NC6=O)C7)CC5)C4=O)c3)c(Cl)c12. The van der Waals surface area contributed by atoms with E-state index in [0.29, 0.717) is 68.6 Å². The van der Waals surface area contributed by atoms with E-state index in [1.807, 2.05) is 45.2 Å². The fourth-order valence-electron chi connectivity index (χ4n) is 7.96. The average molecular weight is 727 g/mol. The summed E-state index contributed by atoms with van der Waals surface area (Å²) in [6, 6.07) is 10.1. The summed E-state index contributed by atoms with van der Waals surface area (Å²) in [5.74, 6) is -1.69. The zero-order valence-corrected chi connectivity index (χ0v) is 29.7. The number of rotatable bonds is 8. The van der Waals surface area contributed by atoms with Gasteiger partial charge in [-0.15, -0.1) is 0 Å². The van der Waals surface area contributed by atoms with Crippen molar-refractivity contribution in [1.82, 2.24) is 30.0 Å². The van der Waals surface area contributed by atoms with Gasteiger partial charge in [0.25, 0.3) is 5.91 Å². The van der Waals surface area contributed by atoms with Crippen LogP contribution < -0.4 is 15.1 Å². The van der Waals surface area contributed by atoms with Crippen LogP contribution in [0.4, 0.5) is 20.6 Å². The van der Waals surface area contributed by atoms with Crippen LogP contribution in [0.1, 0.15) is 47.7 Å². The molecule has 4 aromatic rings. The lowest BCUT2D eigenvalue weighted by atomic mass is 10.0. The van der Waals surface area contributed by atoms with Gasteiger partial charge in [-0.2, -0.15) is 0 Å². The molecule has 8 rings (SSSR count). The van der Waals surface area contributed by atoms with Gasteiger partial charge in [0.05, 0.1) is 10.7 Å². The van der Waals surface area contributed by atoms with Crippen molar-refractivity contribution in [2.45, 2.75) is 45.2 Å². The van der Waals surface area contributed by atoms with E-state index >= 15 is 4.39 Å². The lowest BCUT2D eigenvalue weighted by Crippen LogP contribution is -2.53. The lowest BCUT2D eigenvalue weighted by Gasteiger charge is -2.39. The third kappa shape index (κ3) is 6.15. The van der Waals surface area contributed by atoms with Crippen molar-refractivity contribution in [3.8, 4) is 11.1 Å². The molecular weight excluding hydrogens is 687 g/mol. The molecule has 6 heterocycles. The second-order valence-electron chi connectivity index (χ2n) is 13.9. The van der Waals surface area contributed by atoms with Crippen LogP contribution in [0.3, 0.4) is 0 Å². The quantitative estimate of drug-likeness (QED) is 0.250. The Morgan fingerprint density at radius 2 is 1.81 bits per heavy atom. The number of hydrogen-bond donors (Lipinski definition) is 2. The van der Waals surface area contributed by atoms with Crippen LogP contribution in [0.15, 0.2) is 48.8 Å². The van der Waals surface area contributed by atoms with Gasteiger partial charge in [0, 0.05) is 99.9 Å². The summed E-state index contributed by atoms with van der Waals surface area (Å²) in [6.45, 7) is 7.48. The number of nitrogens with one attached hydrogen (secondary N) is 2. The Hall–Kier alpha value is -5.01. The highest BCUT2D eigenvalue weighted by molar-refractivity contribution is 6.38. The van der Waals surface area contributed by atoms with Gasteiger partial charge in [0.15, 0.2) is 0 Å². The summed E-state index contributed by atoms with van der Waals surface area (Å²) in [4.78, 5) is 68.1. The molecule has 52 heavy (non-hydrogen) atoms. The van der Waals surface area contributed by atoms with Gasteiger partial charge in [-0.05, 0) is 60.2 Å². The molecule has 0 spiro atoms. The molecule has 4 aliphatic rings. The number of halogens is 2. The van der Waals surface area contributed by atoms with Gasteiger partial charge < -0.3 is 19.7 Å². The predicted molar refractivity (Wildman–Crippen MR) is 196 cm³/mol. The number of aromatic amines is 1. The number of fused-ring (bicyclic) bond motifs is 2. The maximum absolute atomic E-state index is 15.4. The van der Waals surface area contributed by atoms with E-state index in [4.69, 9.17) is 11.6 Å². The summed E-state index contributed by atoms with van der Waals surface area (Å²) < 4.78 is 15.4. The number of piperidine rings is 1. The topological polar surface area (TPSA) is 125 Å². The van der Waals surface area contributed by atoms with Crippen LogP contribution in [0.5, 0.6) is 0 Å². The minimum atomic E-state index is -0.742. The van der Waals surface area contributed by atoms with Gasteiger partial charge in [-0.25, -0.2) is 14.2 Å². The monoisotopic (exact) mass is 726 g/mol. The minimum absolute atomic E-state index is 0.0262. The third-order valence-electron chi connectivity index (χ3n) is 10.9. The number of carbonyl (C=O) groups is 4. The Morgan fingerprint density at radius 3 is 2.60 bits per heavy atom. The standard InChI is InChI=1S/C38H40ClFN8O4/c1-2-23-20-41-35-33(23)34(39)28(21-42-35)24-5-3-6-26(17-24)47-10-4-9-46(38(47)52)16-13-44-11-14-45(15-12-44)31-18-25-22-48(37(51)27(25)19-29(31)40)30-7-8-32(49)43-36(30)50/h3,5-6,17-21,30H,2,4,7-16,22H2,1H3,(H,41,42)(H,43,49,50). The first-order chi connectivity index (χ1) is 25.2. The van der Waals surface area contributed by atoms with Crippen molar-refractivity contribution in [3.63, 3.8) is 0 Å². The molecule has 5 amide bonds. The number of anilines is 2. The zero-order chi connectivity index (χ0) is 36.1. The molecule has 3 fully saturated rings. The number of urea groups is 1. The number of amides is 5. The molecule has 270 valence electrons. The van der Waals surface area contributed by atoms with E-state index in [-0.39, 0.29) is 42.8 Å². The van der Waals surface area contributed by atoms with Crippen LogP contribution in [0.25, 0.3) is 22.2 Å². The third-order valence-corrected chi connectivity index (χ3v) is 11.3. The number of aryl methyl sites for hydroxylation is 1. The molecule has 0 saturated carbocycles. The number of aromatic nitrogens is 2. The van der Waals surface area contributed by atoms with Gasteiger partial charge >= 0.3 is 6.03 Å². The molecular formula is C38H40ClFN8O4. The van der Waals surface area contributed by atoms with Gasteiger partial charge in [0.1, 0.15) is 17.5 Å². The van der Waals surface area contributed by atoms with Crippen LogP contribution in [-0.2, 0) is 22.6 Å². The van der Waals surface area contributed by atoms with Crippen LogP contribution in [0.2, 0.25) is 5.02 Å². The number of benzene rings is 2. The number of carbonyl (C=O) groups excluding carboxylic acids is 4. The highest BCUT2D eigenvalue weighted by Crippen LogP contribution is 2.37. The van der Waals surface area contributed by atoms with E-state index in [1.54, 1.807) is 12.3 Å². The molecule has 4 aliphatic heterocycles. The summed E-state index contributed by atoms with van der Waals surface area (Å²) in [5.41, 5.74) is 5.81. The summed E-state index contributed by atoms with van der Waals surface area (Å²) >= 11 is 6.92. The second kappa shape index (κ2) is 13.8. The van der Waals surface area contributed by atoms with Crippen molar-refractivity contribution < 1.29 is 23.6 Å². The van der Waals surface area contributed by atoms with E-state index in [0.717, 1.165) is 46.3 Å². The second-order valence-corrected chi connectivity index (χ2v) is 14.3. The minimum Gasteiger partial charge on any atom is -0.367 e. The van der Waals surface area contributed by atoms with E-state index < -0.39 is 17.8 Å². The zero-order valence-electron chi connectivity index (χ0n) is 29.0. The van der Waals surface area contributed by atoms with Gasteiger partial charge in [-0.3, -0.25) is 29.5 Å². The Labute approximate surface area is 305 Å². The predicted octanol–water partition coefficient (Wildman–Crippen LogP) is 4.80. The number of pyridine rings is 1. The fraction of sp³-hybridized carbons (Fsp3) is 0.395. The summed E-state index contributed by atoms with van der Waals surface area (Å²) in [6.07, 6.45) is 5.84. The fourth-order valence-corrected chi connectivity index (χ4v) is 8.33. The maximum Gasteiger partial charge on any atom is 0.324 e. The van der Waals surface area contributed by atoms with Crippen molar-refractivity contribution >= 4 is 57.8 Å². The molecule has 1 unspecified atom stereocenters. The normalized spacial score (nSPS) is 19.9. The van der Waals surface area contributed by atoms with Gasteiger partial charge in [0.2, 0.25) is 11.8 Å². The Morgan fingerprint density at radius 1 is 0.981 bits per heavy atom. The van der Waals surface area contributed by atoms with Crippen LogP contribution in [0, 0.1) is 5.82 Å². The van der Waals surface area contributed by atoms with E-state index in [2.05, 4.69) is 27.1 Å². The van der Waals surface area contributed by atoms with Crippen molar-refractivity contribution in [1.29, 1.82) is 0 Å². The summed E-state index contributed by atoms with van der Waals surface area (Å²) in [7, 11) is 0. The summed E-state index contributed by atoms with van der Waals surface area (Å²) in [5, 5.41) is 3.88. The highest BCUT2D eigenvalue weighted by atomic mass is 35.5. The van der Waals surface area contributed by atoms with Crippen LogP contribution in [-0.4, -0.2) is 107 Å². The largest absolute Gasteiger partial charge is 0.367 e. The molecule has 1 atom stereocenters. The number of hydrogen-bond acceptors (Lipinski definition) is 7. The lowest BCUT2D eigenvalue weighted by molar-refractivity contribution is -0.136. The first-order valence-electron chi connectivity index (χ1n) is 18.0. The molecule has 2 aromatic carbocycles. The Bertz CT molecular complexity index is 2100. The first kappa shape index (κ1) is 34.1. The molecule has 2 N–H and O–H groups in total. The van der Waals surface area contributed by atoms with Gasteiger partial charge in [-0.1, -0.05) is 30.7 Å².